The number of likely N-dealkylation sites (tertiary alicyclic amines) is 1. The zero-order valence-corrected chi connectivity index (χ0v) is 15.1. The van der Waals surface area contributed by atoms with Crippen molar-refractivity contribution in [2.45, 2.75) is 19.8 Å². The third-order valence-corrected chi connectivity index (χ3v) is 5.81. The van der Waals surface area contributed by atoms with Crippen LogP contribution >= 0.6 is 15.9 Å². The van der Waals surface area contributed by atoms with Gasteiger partial charge in [-0.3, -0.25) is 10.1 Å². The van der Waals surface area contributed by atoms with E-state index in [4.69, 9.17) is 4.74 Å². The number of nitrogens with zero attached hydrogens (tertiary/aromatic N) is 3. The van der Waals surface area contributed by atoms with Crippen molar-refractivity contribution in [1.29, 1.82) is 0 Å². The maximum Gasteiger partial charge on any atom is 0.293 e. The SMILES string of the molecule is CCN1CCC2(CCN(c3cc(OC)c(Br)cc3[N+](=O)[O-])C2)C1. The molecule has 0 amide bonds. The van der Waals surface area contributed by atoms with Gasteiger partial charge in [-0.25, -0.2) is 0 Å². The topological polar surface area (TPSA) is 58.8 Å². The van der Waals surface area contributed by atoms with Gasteiger partial charge in [0.1, 0.15) is 11.4 Å². The summed E-state index contributed by atoms with van der Waals surface area (Å²) in [5, 5.41) is 11.5. The maximum atomic E-state index is 11.5. The zero-order valence-electron chi connectivity index (χ0n) is 13.5. The van der Waals surface area contributed by atoms with Crippen molar-refractivity contribution in [3.63, 3.8) is 0 Å². The molecular weight excluding hydrogens is 362 g/mol. The molecule has 2 fully saturated rings. The summed E-state index contributed by atoms with van der Waals surface area (Å²) in [6.07, 6.45) is 2.28. The molecule has 6 nitrogen and oxygen atoms in total. The van der Waals surface area contributed by atoms with E-state index in [-0.39, 0.29) is 16.0 Å². The highest BCUT2D eigenvalue weighted by Gasteiger charge is 2.44. The van der Waals surface area contributed by atoms with Crippen LogP contribution in [0, 0.1) is 15.5 Å². The summed E-state index contributed by atoms with van der Waals surface area (Å²) in [6.45, 7) is 7.25. The number of nitro groups is 1. The highest BCUT2D eigenvalue weighted by atomic mass is 79.9. The second-order valence-electron chi connectivity index (χ2n) is 6.52. The Balaban J connectivity index is 1.89. The standard InChI is InChI=1S/C16H22BrN3O3/c1-3-18-6-4-16(10-18)5-7-19(11-16)13-9-15(23-2)12(17)8-14(13)20(21)22/h8-9H,3-7,10-11H2,1-2H3. The lowest BCUT2D eigenvalue weighted by atomic mass is 9.86. The molecule has 1 aromatic carbocycles. The molecular formula is C16H22BrN3O3. The van der Waals surface area contributed by atoms with Gasteiger partial charge in [0.15, 0.2) is 0 Å². The first-order valence-corrected chi connectivity index (χ1v) is 8.76. The largest absolute Gasteiger partial charge is 0.495 e. The van der Waals surface area contributed by atoms with Gasteiger partial charge >= 0.3 is 0 Å². The second kappa shape index (κ2) is 6.28. The first kappa shape index (κ1) is 16.5. The van der Waals surface area contributed by atoms with Crippen LogP contribution in [0.2, 0.25) is 0 Å². The van der Waals surface area contributed by atoms with Gasteiger partial charge in [-0.15, -0.1) is 0 Å². The third kappa shape index (κ3) is 3.04. The summed E-state index contributed by atoms with van der Waals surface area (Å²) in [4.78, 5) is 15.8. The minimum absolute atomic E-state index is 0.139. The Bertz CT molecular complexity index is 625. The molecule has 2 aliphatic rings. The number of halogens is 1. The van der Waals surface area contributed by atoms with Gasteiger partial charge in [0.25, 0.3) is 5.69 Å². The van der Waals surface area contributed by atoms with Crippen molar-refractivity contribution >= 4 is 27.3 Å². The molecule has 0 aliphatic carbocycles. The molecule has 126 valence electrons. The minimum atomic E-state index is -0.308. The van der Waals surface area contributed by atoms with E-state index in [9.17, 15) is 10.1 Å². The summed E-state index contributed by atoms with van der Waals surface area (Å²) in [7, 11) is 1.58. The van der Waals surface area contributed by atoms with Gasteiger partial charge in [-0.1, -0.05) is 6.92 Å². The number of anilines is 1. The summed E-state index contributed by atoms with van der Waals surface area (Å²) in [5.74, 6) is 0.633. The van der Waals surface area contributed by atoms with Crippen LogP contribution in [0.5, 0.6) is 5.75 Å². The number of hydrogen-bond donors (Lipinski definition) is 0. The lowest BCUT2D eigenvalue weighted by Crippen LogP contribution is -2.31. The van der Waals surface area contributed by atoms with Crippen LogP contribution in [0.15, 0.2) is 16.6 Å². The quantitative estimate of drug-likeness (QED) is 0.589. The summed E-state index contributed by atoms with van der Waals surface area (Å²) in [6, 6.07) is 3.33. The van der Waals surface area contributed by atoms with Crippen LogP contribution in [0.4, 0.5) is 11.4 Å². The summed E-state index contributed by atoms with van der Waals surface area (Å²) < 4.78 is 5.94. The Hall–Kier alpha value is -1.34. The van der Waals surface area contributed by atoms with Gasteiger partial charge in [0.2, 0.25) is 0 Å². The third-order valence-electron chi connectivity index (χ3n) is 5.19. The van der Waals surface area contributed by atoms with Crippen LogP contribution in [0.25, 0.3) is 0 Å². The average Bonchev–Trinajstić information content (AvgIpc) is 3.14. The van der Waals surface area contributed by atoms with Crippen LogP contribution in [-0.2, 0) is 0 Å². The zero-order chi connectivity index (χ0) is 16.6. The van der Waals surface area contributed by atoms with Crippen molar-refractivity contribution in [1.82, 2.24) is 4.90 Å². The fourth-order valence-electron chi connectivity index (χ4n) is 3.86. The number of ether oxygens (including phenoxy) is 1. The molecule has 0 N–H and O–H groups in total. The molecule has 3 rings (SSSR count). The normalized spacial score (nSPS) is 24.6. The summed E-state index contributed by atoms with van der Waals surface area (Å²) in [5.41, 5.74) is 1.09. The number of rotatable bonds is 4. The van der Waals surface area contributed by atoms with Gasteiger partial charge < -0.3 is 14.5 Å². The van der Waals surface area contributed by atoms with Crippen LogP contribution in [0.1, 0.15) is 19.8 Å². The van der Waals surface area contributed by atoms with E-state index in [2.05, 4.69) is 32.7 Å². The predicted molar refractivity (Wildman–Crippen MR) is 93.3 cm³/mol. The van der Waals surface area contributed by atoms with Gasteiger partial charge in [0.05, 0.1) is 16.5 Å². The Morgan fingerprint density at radius 2 is 2.09 bits per heavy atom. The van der Waals surface area contributed by atoms with Gasteiger partial charge in [0, 0.05) is 37.2 Å². The van der Waals surface area contributed by atoms with E-state index in [0.717, 1.165) is 39.1 Å². The summed E-state index contributed by atoms with van der Waals surface area (Å²) >= 11 is 3.34. The molecule has 0 bridgehead atoms. The van der Waals surface area contributed by atoms with E-state index < -0.39 is 0 Å². The van der Waals surface area contributed by atoms with E-state index in [0.29, 0.717) is 15.9 Å². The van der Waals surface area contributed by atoms with Gasteiger partial charge in [-0.2, -0.15) is 0 Å². The molecule has 0 aromatic heterocycles. The Kier molecular flexibility index (Phi) is 4.51. The van der Waals surface area contributed by atoms with E-state index in [1.54, 1.807) is 19.2 Å². The van der Waals surface area contributed by atoms with Crippen molar-refractivity contribution in [2.75, 3.05) is 44.7 Å². The van der Waals surface area contributed by atoms with E-state index >= 15 is 0 Å². The maximum absolute atomic E-state index is 11.5. The van der Waals surface area contributed by atoms with Crippen molar-refractivity contribution in [3.05, 3.63) is 26.7 Å². The van der Waals surface area contributed by atoms with E-state index in [1.807, 2.05) is 0 Å². The number of methoxy groups -OCH3 is 1. The molecule has 0 saturated carbocycles. The molecule has 0 radical (unpaired) electrons. The molecule has 2 heterocycles. The Morgan fingerprint density at radius 1 is 1.35 bits per heavy atom. The van der Waals surface area contributed by atoms with Crippen LogP contribution < -0.4 is 9.64 Å². The lowest BCUT2D eigenvalue weighted by Gasteiger charge is -2.25. The molecule has 7 heteroatoms. The van der Waals surface area contributed by atoms with Crippen molar-refractivity contribution in [3.8, 4) is 5.75 Å². The predicted octanol–water partition coefficient (Wildman–Crippen LogP) is 3.29. The minimum Gasteiger partial charge on any atom is -0.495 e. The Labute approximate surface area is 144 Å². The fourth-order valence-corrected chi connectivity index (χ4v) is 4.35. The first-order valence-electron chi connectivity index (χ1n) is 7.97. The Morgan fingerprint density at radius 3 is 2.70 bits per heavy atom. The molecule has 1 atom stereocenters. The highest BCUT2D eigenvalue weighted by molar-refractivity contribution is 9.10. The van der Waals surface area contributed by atoms with Crippen LogP contribution in [-0.4, -0.2) is 49.7 Å². The second-order valence-corrected chi connectivity index (χ2v) is 7.38. The number of benzene rings is 1. The smallest absolute Gasteiger partial charge is 0.293 e. The first-order chi connectivity index (χ1) is 11.0. The fraction of sp³-hybridized carbons (Fsp3) is 0.625. The molecule has 1 unspecified atom stereocenters. The molecule has 1 aromatic rings. The molecule has 2 aliphatic heterocycles. The number of nitro benzene ring substituents is 1. The molecule has 1 spiro atoms. The monoisotopic (exact) mass is 383 g/mol. The lowest BCUT2D eigenvalue weighted by molar-refractivity contribution is -0.384. The number of hydrogen-bond acceptors (Lipinski definition) is 5. The van der Waals surface area contributed by atoms with E-state index in [1.165, 1.54) is 6.42 Å². The van der Waals surface area contributed by atoms with Crippen molar-refractivity contribution < 1.29 is 9.66 Å². The molecule has 23 heavy (non-hydrogen) atoms. The molecule has 2 saturated heterocycles. The highest BCUT2D eigenvalue weighted by Crippen LogP contribution is 2.45. The van der Waals surface area contributed by atoms with Gasteiger partial charge in [-0.05, 0) is 41.9 Å². The van der Waals surface area contributed by atoms with Crippen molar-refractivity contribution in [2.24, 2.45) is 5.41 Å². The average molecular weight is 384 g/mol. The van der Waals surface area contributed by atoms with Crippen LogP contribution in [0.3, 0.4) is 0 Å².